The molecule has 0 N–H and O–H groups in total. The van der Waals surface area contributed by atoms with E-state index in [0.717, 1.165) is 21.7 Å². The van der Waals surface area contributed by atoms with Gasteiger partial charge in [0.25, 0.3) is 0 Å². The first kappa shape index (κ1) is 19.4. The van der Waals surface area contributed by atoms with Gasteiger partial charge in [-0.2, -0.15) is 4.31 Å². The lowest BCUT2D eigenvalue weighted by atomic mass is 10.1. The van der Waals surface area contributed by atoms with Gasteiger partial charge < -0.3 is 4.74 Å². The Morgan fingerprint density at radius 1 is 1.26 bits per heavy atom. The van der Waals surface area contributed by atoms with Gasteiger partial charge in [0, 0.05) is 25.0 Å². The van der Waals surface area contributed by atoms with E-state index in [1.54, 1.807) is 6.08 Å². The van der Waals surface area contributed by atoms with Gasteiger partial charge in [0.15, 0.2) is 0 Å². The maximum absolute atomic E-state index is 12.4. The van der Waals surface area contributed by atoms with E-state index in [1.165, 1.54) is 4.31 Å². The minimum absolute atomic E-state index is 0.000185. The zero-order chi connectivity index (χ0) is 17.5. The second-order valence-corrected chi connectivity index (χ2v) is 7.15. The molecule has 0 aromatic carbocycles. The number of sulfonamides is 1. The summed E-state index contributed by atoms with van der Waals surface area (Å²) in [7, 11) is -3.28. The molecule has 2 heterocycles. The topological polar surface area (TPSA) is 59.5 Å². The van der Waals surface area contributed by atoms with Crippen LogP contribution in [0.3, 0.4) is 0 Å². The summed E-state index contributed by atoms with van der Waals surface area (Å²) in [5.74, 6) is -0.000185. The molecule has 1 aliphatic rings. The third-order valence-electron chi connectivity index (χ3n) is 3.71. The number of terminal acetylenes is 1. The van der Waals surface area contributed by atoms with E-state index in [0.29, 0.717) is 26.3 Å². The molecule has 126 valence electrons. The Labute approximate surface area is 138 Å². The first-order valence-corrected chi connectivity index (χ1v) is 9.04. The summed E-state index contributed by atoms with van der Waals surface area (Å²) >= 11 is 0. The standard InChI is InChI=1S/C15H22N2O3S.C2H2/c1-4-14-12(2)11-16-13(3)15(14)5-10-21(18,19)17-6-8-20-9-7-17;1-2/h4-5,11H,6-10H2,1-3H3;1-2H/b14-4-,15-5-;. The summed E-state index contributed by atoms with van der Waals surface area (Å²) < 4.78 is 31.4. The van der Waals surface area contributed by atoms with Gasteiger partial charge in [0.05, 0.1) is 19.0 Å². The van der Waals surface area contributed by atoms with E-state index in [9.17, 15) is 8.42 Å². The van der Waals surface area contributed by atoms with Crippen molar-refractivity contribution in [3.8, 4) is 12.8 Å². The van der Waals surface area contributed by atoms with Crippen molar-refractivity contribution >= 4 is 22.2 Å². The second kappa shape index (κ2) is 8.82. The number of aromatic nitrogens is 1. The smallest absolute Gasteiger partial charge is 0.217 e. The zero-order valence-corrected chi connectivity index (χ0v) is 14.8. The summed E-state index contributed by atoms with van der Waals surface area (Å²) in [4.78, 5) is 4.32. The van der Waals surface area contributed by atoms with Crippen LogP contribution in [0, 0.1) is 26.7 Å². The van der Waals surface area contributed by atoms with E-state index in [4.69, 9.17) is 4.74 Å². The van der Waals surface area contributed by atoms with E-state index >= 15 is 0 Å². The highest BCUT2D eigenvalue weighted by Gasteiger charge is 2.22. The van der Waals surface area contributed by atoms with Crippen LogP contribution in [0.5, 0.6) is 0 Å². The first-order chi connectivity index (χ1) is 11.0. The maximum Gasteiger partial charge on any atom is 0.217 e. The molecule has 23 heavy (non-hydrogen) atoms. The number of ether oxygens (including phenoxy) is 1. The van der Waals surface area contributed by atoms with Gasteiger partial charge in [-0.05, 0) is 36.8 Å². The number of morpholine rings is 1. The number of rotatable bonds is 3. The Hall–Kier alpha value is -1.68. The lowest BCUT2D eigenvalue weighted by Crippen LogP contribution is -2.42. The van der Waals surface area contributed by atoms with Crippen LogP contribution in [-0.4, -0.2) is 49.8 Å². The molecule has 1 fully saturated rings. The molecule has 0 unspecified atom stereocenters. The molecule has 1 aromatic rings. The van der Waals surface area contributed by atoms with Crippen LogP contribution in [0.15, 0.2) is 6.20 Å². The van der Waals surface area contributed by atoms with Crippen LogP contribution in [0.25, 0.3) is 12.2 Å². The summed E-state index contributed by atoms with van der Waals surface area (Å²) in [6.07, 6.45) is 13.6. The normalized spacial score (nSPS) is 17.6. The predicted molar refractivity (Wildman–Crippen MR) is 93.6 cm³/mol. The van der Waals surface area contributed by atoms with Crippen LogP contribution in [0.1, 0.15) is 18.2 Å². The molecule has 0 amide bonds. The van der Waals surface area contributed by atoms with Crippen molar-refractivity contribution in [2.24, 2.45) is 0 Å². The van der Waals surface area contributed by atoms with Crippen LogP contribution >= 0.6 is 0 Å². The molecule has 0 saturated carbocycles. The van der Waals surface area contributed by atoms with E-state index in [-0.39, 0.29) is 5.75 Å². The Morgan fingerprint density at radius 2 is 1.87 bits per heavy atom. The molecule has 0 bridgehead atoms. The Kier molecular flexibility index (Phi) is 7.43. The Morgan fingerprint density at radius 3 is 2.43 bits per heavy atom. The number of nitrogens with zero attached hydrogens (tertiary/aromatic N) is 2. The molecule has 1 aromatic heterocycles. The molecule has 0 spiro atoms. The summed E-state index contributed by atoms with van der Waals surface area (Å²) in [5, 5.41) is 1.97. The van der Waals surface area contributed by atoms with Gasteiger partial charge in [-0.3, -0.25) is 4.98 Å². The molecule has 0 atom stereocenters. The number of hydrogen-bond donors (Lipinski definition) is 0. The van der Waals surface area contributed by atoms with E-state index in [2.05, 4.69) is 17.8 Å². The average molecular weight is 336 g/mol. The van der Waals surface area contributed by atoms with Crippen molar-refractivity contribution < 1.29 is 13.2 Å². The number of pyridine rings is 1. The lowest BCUT2D eigenvalue weighted by molar-refractivity contribution is 0.0732. The molecule has 5 nitrogen and oxygen atoms in total. The summed E-state index contributed by atoms with van der Waals surface area (Å²) in [6, 6.07) is 0. The van der Waals surface area contributed by atoms with Crippen LogP contribution in [-0.2, 0) is 14.8 Å². The van der Waals surface area contributed by atoms with Crippen molar-refractivity contribution in [1.82, 2.24) is 9.29 Å². The molecular formula is C17H24N2O3S. The monoisotopic (exact) mass is 336 g/mol. The molecular weight excluding hydrogens is 312 g/mol. The quantitative estimate of drug-likeness (QED) is 0.740. The van der Waals surface area contributed by atoms with Crippen molar-refractivity contribution in [1.29, 1.82) is 0 Å². The van der Waals surface area contributed by atoms with Gasteiger partial charge in [-0.1, -0.05) is 12.2 Å². The fraction of sp³-hybridized carbons (Fsp3) is 0.471. The highest BCUT2D eigenvalue weighted by atomic mass is 32.2. The largest absolute Gasteiger partial charge is 0.379 e. The average Bonchev–Trinajstić information content (AvgIpc) is 2.58. The van der Waals surface area contributed by atoms with Gasteiger partial charge in [-0.25, -0.2) is 8.42 Å². The van der Waals surface area contributed by atoms with Gasteiger partial charge in [-0.15, -0.1) is 12.8 Å². The van der Waals surface area contributed by atoms with Crippen LogP contribution in [0.2, 0.25) is 0 Å². The number of aryl methyl sites for hydroxylation is 2. The third-order valence-corrected chi connectivity index (χ3v) is 5.45. The summed E-state index contributed by atoms with van der Waals surface area (Å²) in [6.45, 7) is 7.66. The first-order valence-electron chi connectivity index (χ1n) is 7.43. The molecule has 1 saturated heterocycles. The fourth-order valence-electron chi connectivity index (χ4n) is 2.50. The highest BCUT2D eigenvalue weighted by Crippen LogP contribution is 2.05. The zero-order valence-electron chi connectivity index (χ0n) is 13.9. The fourth-order valence-corrected chi connectivity index (χ4v) is 3.79. The number of hydrogen-bond acceptors (Lipinski definition) is 4. The van der Waals surface area contributed by atoms with Crippen molar-refractivity contribution in [2.75, 3.05) is 32.1 Å². The predicted octanol–water partition coefficient (Wildman–Crippen LogP) is 0.191. The second-order valence-electron chi connectivity index (χ2n) is 5.14. The van der Waals surface area contributed by atoms with Crippen molar-refractivity contribution in [2.45, 2.75) is 20.8 Å². The van der Waals surface area contributed by atoms with Crippen molar-refractivity contribution in [3.63, 3.8) is 0 Å². The van der Waals surface area contributed by atoms with Gasteiger partial charge in [0.2, 0.25) is 10.0 Å². The summed E-state index contributed by atoms with van der Waals surface area (Å²) in [5.41, 5.74) is 1.91. The SMILES string of the molecule is C#C.C/C=c1/c(C)cnc(C)/c1=C/CS(=O)(=O)N1CCOCC1. The van der Waals surface area contributed by atoms with Gasteiger partial charge >= 0.3 is 0 Å². The van der Waals surface area contributed by atoms with E-state index < -0.39 is 10.0 Å². The Balaban J connectivity index is 0.00000127. The molecule has 6 heteroatoms. The highest BCUT2D eigenvalue weighted by molar-refractivity contribution is 7.89. The molecule has 0 aliphatic carbocycles. The Bertz CT molecular complexity index is 761. The van der Waals surface area contributed by atoms with Crippen molar-refractivity contribution in [3.05, 3.63) is 27.9 Å². The van der Waals surface area contributed by atoms with E-state index in [1.807, 2.05) is 33.0 Å². The van der Waals surface area contributed by atoms with Gasteiger partial charge in [0.1, 0.15) is 0 Å². The minimum Gasteiger partial charge on any atom is -0.379 e. The molecule has 2 rings (SSSR count). The maximum atomic E-state index is 12.4. The minimum atomic E-state index is -3.28. The third kappa shape index (κ3) is 4.90. The van der Waals surface area contributed by atoms with Crippen LogP contribution in [0.4, 0.5) is 0 Å². The molecule has 0 radical (unpaired) electrons. The van der Waals surface area contributed by atoms with Crippen LogP contribution < -0.4 is 10.4 Å². The molecule has 1 aliphatic heterocycles. The lowest BCUT2D eigenvalue weighted by Gasteiger charge is -2.25.